The maximum Gasteiger partial charge on any atom is 0.318 e. The van der Waals surface area contributed by atoms with Crippen LogP contribution in [0.1, 0.15) is 25.3 Å². The largest absolute Gasteiger partial charge is 0.496 e. The fourth-order valence-corrected chi connectivity index (χ4v) is 3.67. The van der Waals surface area contributed by atoms with E-state index < -0.39 is 6.04 Å². The third-order valence-corrected chi connectivity index (χ3v) is 5.18. The van der Waals surface area contributed by atoms with E-state index in [-0.39, 0.29) is 24.5 Å². The standard InChI is InChI=1S/C20H24N4O3/c1-14-13-17(19(25)24(14)12-9-21)22-20(26)23-10-7-15(8-11-23)16-5-3-4-6-18(16)27-2/h3-7,14,17H,8,10-13H2,1-2H3,(H,22,26). The van der Waals surface area contributed by atoms with Crippen molar-refractivity contribution in [3.8, 4) is 11.8 Å². The second-order valence-corrected chi connectivity index (χ2v) is 6.84. The van der Waals surface area contributed by atoms with Crippen LogP contribution in [0.15, 0.2) is 30.3 Å². The number of likely N-dealkylation sites (tertiary alicyclic amines) is 1. The number of methoxy groups -OCH3 is 1. The highest BCUT2D eigenvalue weighted by molar-refractivity contribution is 5.89. The highest BCUT2D eigenvalue weighted by atomic mass is 16.5. The Hall–Kier alpha value is -3.01. The van der Waals surface area contributed by atoms with Crippen LogP contribution < -0.4 is 10.1 Å². The first-order valence-electron chi connectivity index (χ1n) is 9.10. The second kappa shape index (κ2) is 8.12. The van der Waals surface area contributed by atoms with E-state index in [1.54, 1.807) is 12.0 Å². The maximum absolute atomic E-state index is 12.6. The summed E-state index contributed by atoms with van der Waals surface area (Å²) in [5, 5.41) is 11.7. The van der Waals surface area contributed by atoms with Crippen molar-refractivity contribution in [3.63, 3.8) is 0 Å². The molecule has 3 amide bonds. The average molecular weight is 368 g/mol. The van der Waals surface area contributed by atoms with Gasteiger partial charge < -0.3 is 19.9 Å². The van der Waals surface area contributed by atoms with Crippen LogP contribution in [-0.4, -0.2) is 60.6 Å². The predicted molar refractivity (Wildman–Crippen MR) is 101 cm³/mol. The molecule has 1 aromatic carbocycles. The van der Waals surface area contributed by atoms with Gasteiger partial charge in [-0.05, 0) is 31.4 Å². The molecule has 2 unspecified atom stereocenters. The summed E-state index contributed by atoms with van der Waals surface area (Å²) in [5.74, 6) is 0.643. The SMILES string of the molecule is COc1ccccc1C1=CCN(C(=O)NC2CC(C)N(CC#N)C2=O)CC1. The molecule has 0 spiro atoms. The molecule has 7 heteroatoms. The lowest BCUT2D eigenvalue weighted by molar-refractivity contribution is -0.129. The van der Waals surface area contributed by atoms with Gasteiger partial charge in [0.15, 0.2) is 0 Å². The quantitative estimate of drug-likeness (QED) is 0.824. The summed E-state index contributed by atoms with van der Waals surface area (Å²) in [7, 11) is 1.65. The van der Waals surface area contributed by atoms with E-state index in [0.717, 1.165) is 23.3 Å². The minimum Gasteiger partial charge on any atom is -0.496 e. The van der Waals surface area contributed by atoms with E-state index in [2.05, 4.69) is 5.32 Å². The Morgan fingerprint density at radius 2 is 2.19 bits per heavy atom. The lowest BCUT2D eigenvalue weighted by Crippen LogP contribution is -2.49. The van der Waals surface area contributed by atoms with Crippen molar-refractivity contribution in [3.05, 3.63) is 35.9 Å². The Kier molecular flexibility index (Phi) is 5.65. The zero-order chi connectivity index (χ0) is 19.4. The summed E-state index contributed by atoms with van der Waals surface area (Å²) >= 11 is 0. The molecule has 0 bridgehead atoms. The Balaban J connectivity index is 1.61. The fraction of sp³-hybridized carbons (Fsp3) is 0.450. The highest BCUT2D eigenvalue weighted by Gasteiger charge is 2.38. The van der Waals surface area contributed by atoms with Crippen LogP contribution >= 0.6 is 0 Å². The van der Waals surface area contributed by atoms with Gasteiger partial charge in [0.2, 0.25) is 5.91 Å². The molecule has 1 aromatic rings. The lowest BCUT2D eigenvalue weighted by Gasteiger charge is -2.28. The maximum atomic E-state index is 12.6. The number of ether oxygens (including phenoxy) is 1. The number of nitrogens with zero attached hydrogens (tertiary/aromatic N) is 3. The molecule has 27 heavy (non-hydrogen) atoms. The summed E-state index contributed by atoms with van der Waals surface area (Å²) in [6.45, 7) is 3.01. The number of rotatable bonds is 4. The Morgan fingerprint density at radius 1 is 1.41 bits per heavy atom. The molecule has 3 rings (SSSR count). The molecule has 1 fully saturated rings. The molecule has 2 aliphatic heterocycles. The van der Waals surface area contributed by atoms with Crippen molar-refractivity contribution >= 4 is 17.5 Å². The summed E-state index contributed by atoms with van der Waals surface area (Å²) in [5.41, 5.74) is 2.20. The molecule has 1 N–H and O–H groups in total. The van der Waals surface area contributed by atoms with E-state index in [9.17, 15) is 9.59 Å². The number of hydrogen-bond acceptors (Lipinski definition) is 4. The van der Waals surface area contributed by atoms with Crippen molar-refractivity contribution in [2.24, 2.45) is 0 Å². The van der Waals surface area contributed by atoms with Gasteiger partial charge in [0.1, 0.15) is 18.3 Å². The predicted octanol–water partition coefficient (Wildman–Crippen LogP) is 2.01. The van der Waals surface area contributed by atoms with Crippen molar-refractivity contribution in [1.29, 1.82) is 5.26 Å². The molecular weight excluding hydrogens is 344 g/mol. The molecule has 2 atom stereocenters. The Morgan fingerprint density at radius 3 is 2.85 bits per heavy atom. The third-order valence-electron chi connectivity index (χ3n) is 5.18. The van der Waals surface area contributed by atoms with E-state index in [1.165, 1.54) is 4.90 Å². The van der Waals surface area contributed by atoms with Gasteiger partial charge in [-0.25, -0.2) is 4.79 Å². The van der Waals surface area contributed by atoms with Crippen molar-refractivity contribution in [2.75, 3.05) is 26.7 Å². The zero-order valence-electron chi connectivity index (χ0n) is 15.6. The number of nitriles is 1. The summed E-state index contributed by atoms with van der Waals surface area (Å²) in [6, 6.07) is 9.01. The third kappa shape index (κ3) is 3.90. The summed E-state index contributed by atoms with van der Waals surface area (Å²) < 4.78 is 5.41. The first kappa shape index (κ1) is 18.8. The number of para-hydroxylation sites is 1. The number of hydrogen-bond donors (Lipinski definition) is 1. The van der Waals surface area contributed by atoms with Crippen LogP contribution in [0.2, 0.25) is 0 Å². The molecule has 2 heterocycles. The minimum atomic E-state index is -0.555. The number of urea groups is 1. The van der Waals surface area contributed by atoms with E-state index >= 15 is 0 Å². The number of carbonyl (C=O) groups excluding carboxylic acids is 2. The van der Waals surface area contributed by atoms with Crippen LogP contribution in [0.5, 0.6) is 5.75 Å². The van der Waals surface area contributed by atoms with Crippen LogP contribution in [0.4, 0.5) is 4.79 Å². The van der Waals surface area contributed by atoms with Crippen LogP contribution in [0.25, 0.3) is 5.57 Å². The van der Waals surface area contributed by atoms with Gasteiger partial charge in [-0.2, -0.15) is 5.26 Å². The molecule has 0 aliphatic carbocycles. The van der Waals surface area contributed by atoms with E-state index in [4.69, 9.17) is 10.00 Å². The zero-order valence-corrected chi connectivity index (χ0v) is 15.6. The fourth-order valence-electron chi connectivity index (χ4n) is 3.67. The van der Waals surface area contributed by atoms with Crippen molar-refractivity contribution < 1.29 is 14.3 Å². The molecule has 0 radical (unpaired) electrons. The van der Waals surface area contributed by atoms with Gasteiger partial charge in [0.05, 0.1) is 13.2 Å². The van der Waals surface area contributed by atoms with E-state index in [1.807, 2.05) is 43.3 Å². The molecule has 0 saturated carbocycles. The molecule has 7 nitrogen and oxygen atoms in total. The number of benzene rings is 1. The Labute approximate surface area is 159 Å². The van der Waals surface area contributed by atoms with Gasteiger partial charge in [-0.3, -0.25) is 4.79 Å². The van der Waals surface area contributed by atoms with Gasteiger partial charge in [-0.1, -0.05) is 24.3 Å². The molecule has 2 aliphatic rings. The first-order chi connectivity index (χ1) is 13.0. The first-order valence-corrected chi connectivity index (χ1v) is 9.10. The van der Waals surface area contributed by atoms with Gasteiger partial charge in [0, 0.05) is 24.7 Å². The number of carbonyl (C=O) groups is 2. The average Bonchev–Trinajstić information content (AvgIpc) is 2.95. The minimum absolute atomic E-state index is 0.0409. The topological polar surface area (TPSA) is 85.7 Å². The van der Waals surface area contributed by atoms with Crippen LogP contribution in [-0.2, 0) is 4.79 Å². The van der Waals surface area contributed by atoms with Crippen molar-refractivity contribution in [2.45, 2.75) is 31.8 Å². The molecule has 1 saturated heterocycles. The van der Waals surface area contributed by atoms with Gasteiger partial charge in [0.25, 0.3) is 0 Å². The smallest absolute Gasteiger partial charge is 0.318 e. The van der Waals surface area contributed by atoms with Crippen LogP contribution in [0.3, 0.4) is 0 Å². The highest BCUT2D eigenvalue weighted by Crippen LogP contribution is 2.30. The molecule has 0 aromatic heterocycles. The molecular formula is C20H24N4O3. The second-order valence-electron chi connectivity index (χ2n) is 6.84. The summed E-state index contributed by atoms with van der Waals surface area (Å²) in [6.07, 6.45) is 3.29. The Bertz CT molecular complexity index is 799. The normalized spacial score (nSPS) is 22.3. The van der Waals surface area contributed by atoms with Gasteiger partial charge >= 0.3 is 6.03 Å². The summed E-state index contributed by atoms with van der Waals surface area (Å²) in [4.78, 5) is 28.1. The van der Waals surface area contributed by atoms with E-state index in [0.29, 0.717) is 19.5 Å². The number of amides is 3. The number of nitrogens with one attached hydrogen (secondary N) is 1. The van der Waals surface area contributed by atoms with Crippen LogP contribution in [0, 0.1) is 11.3 Å². The lowest BCUT2D eigenvalue weighted by atomic mass is 9.98. The molecule has 142 valence electrons. The van der Waals surface area contributed by atoms with Gasteiger partial charge in [-0.15, -0.1) is 0 Å². The monoisotopic (exact) mass is 368 g/mol. The van der Waals surface area contributed by atoms with Crippen molar-refractivity contribution in [1.82, 2.24) is 15.1 Å².